The van der Waals surface area contributed by atoms with Crippen LogP contribution in [0.2, 0.25) is 0 Å². The summed E-state index contributed by atoms with van der Waals surface area (Å²) in [5.41, 5.74) is 2.69. The molecule has 102 valence electrons. The lowest BCUT2D eigenvalue weighted by atomic mass is 10.2. The Morgan fingerprint density at radius 1 is 1.35 bits per heavy atom. The second-order valence-electron chi connectivity index (χ2n) is 4.31. The molecule has 0 aliphatic heterocycles. The fourth-order valence-electron chi connectivity index (χ4n) is 1.95. The van der Waals surface area contributed by atoms with Gasteiger partial charge in [0.05, 0.1) is 30.7 Å². The quantitative estimate of drug-likeness (QED) is 0.738. The minimum Gasteiger partial charge on any atom is -0.383 e. The zero-order valence-electron chi connectivity index (χ0n) is 10.9. The summed E-state index contributed by atoms with van der Waals surface area (Å²) in [6.45, 7) is 0.944. The van der Waals surface area contributed by atoms with E-state index < -0.39 is 0 Å². The number of hydrogen-bond donors (Lipinski definition) is 0. The molecular weight excluding hydrogens is 274 g/mol. The van der Waals surface area contributed by atoms with Crippen molar-refractivity contribution in [3.63, 3.8) is 0 Å². The van der Waals surface area contributed by atoms with Gasteiger partial charge < -0.3 is 4.74 Å². The van der Waals surface area contributed by atoms with Gasteiger partial charge in [-0.25, -0.2) is 9.97 Å². The Bertz CT molecular complexity index is 781. The molecule has 0 amide bonds. The Kier molecular flexibility index (Phi) is 3.58. The van der Waals surface area contributed by atoms with Crippen molar-refractivity contribution in [2.45, 2.75) is 6.54 Å². The molecule has 0 saturated heterocycles. The van der Waals surface area contributed by atoms with Crippen molar-refractivity contribution >= 4 is 22.4 Å². The summed E-state index contributed by atoms with van der Waals surface area (Å²) in [5.74, 6) is 0. The third kappa shape index (κ3) is 2.35. The average Bonchev–Trinajstić information content (AvgIpc) is 3.01. The van der Waals surface area contributed by atoms with E-state index in [-0.39, 0.29) is 5.56 Å². The summed E-state index contributed by atoms with van der Waals surface area (Å²) >= 11 is 1.60. The Morgan fingerprint density at radius 2 is 2.25 bits per heavy atom. The van der Waals surface area contributed by atoms with Crippen LogP contribution in [0.1, 0.15) is 0 Å². The smallest absolute Gasteiger partial charge is 0.279 e. The number of hydrogen-bond acceptors (Lipinski definition) is 5. The largest absolute Gasteiger partial charge is 0.383 e. The van der Waals surface area contributed by atoms with E-state index in [1.54, 1.807) is 18.4 Å². The monoisotopic (exact) mass is 287 g/mol. The van der Waals surface area contributed by atoms with Crippen molar-refractivity contribution in [3.8, 4) is 11.3 Å². The molecule has 3 rings (SSSR count). The van der Waals surface area contributed by atoms with Gasteiger partial charge in [0, 0.05) is 18.1 Å². The number of rotatable bonds is 4. The van der Waals surface area contributed by atoms with Gasteiger partial charge in [-0.05, 0) is 23.6 Å². The van der Waals surface area contributed by atoms with Crippen LogP contribution in [-0.4, -0.2) is 28.3 Å². The highest BCUT2D eigenvalue weighted by atomic mass is 32.1. The first-order chi connectivity index (χ1) is 9.79. The van der Waals surface area contributed by atoms with Crippen molar-refractivity contribution in [1.82, 2.24) is 14.5 Å². The summed E-state index contributed by atoms with van der Waals surface area (Å²) in [7, 11) is 1.60. The van der Waals surface area contributed by atoms with Crippen LogP contribution in [0.4, 0.5) is 0 Å². The third-order valence-electron chi connectivity index (χ3n) is 3.03. The molecule has 0 unspecified atom stereocenters. The third-order valence-corrected chi connectivity index (χ3v) is 3.71. The molecule has 0 aromatic carbocycles. The van der Waals surface area contributed by atoms with E-state index in [2.05, 4.69) is 9.97 Å². The number of nitrogens with zero attached hydrogens (tertiary/aromatic N) is 3. The van der Waals surface area contributed by atoms with Gasteiger partial charge in [0.15, 0.2) is 5.52 Å². The first-order valence-electron chi connectivity index (χ1n) is 6.17. The van der Waals surface area contributed by atoms with Gasteiger partial charge in [-0.15, -0.1) is 0 Å². The van der Waals surface area contributed by atoms with E-state index in [1.165, 1.54) is 10.9 Å². The SMILES string of the molecule is COCCn1cnc2ccc(-c3ccsc3)nc2c1=O. The van der Waals surface area contributed by atoms with Crippen LogP contribution >= 0.6 is 11.3 Å². The molecule has 0 radical (unpaired) electrons. The zero-order chi connectivity index (χ0) is 13.9. The Hall–Kier alpha value is -2.05. The van der Waals surface area contributed by atoms with Gasteiger partial charge >= 0.3 is 0 Å². The standard InChI is InChI=1S/C14H13N3O2S/c1-19-6-5-17-9-15-12-3-2-11(10-4-7-20-8-10)16-13(12)14(17)18/h2-4,7-9H,5-6H2,1H3. The minimum absolute atomic E-state index is 0.135. The summed E-state index contributed by atoms with van der Waals surface area (Å²) < 4.78 is 6.51. The van der Waals surface area contributed by atoms with Crippen molar-refractivity contribution in [2.24, 2.45) is 0 Å². The number of pyridine rings is 1. The molecule has 0 aliphatic carbocycles. The van der Waals surface area contributed by atoms with Gasteiger partial charge in [0.1, 0.15) is 0 Å². The first kappa shape index (κ1) is 13.0. The fraction of sp³-hybridized carbons (Fsp3) is 0.214. The van der Waals surface area contributed by atoms with E-state index in [9.17, 15) is 4.79 Å². The molecule has 6 heteroatoms. The maximum Gasteiger partial charge on any atom is 0.279 e. The lowest BCUT2D eigenvalue weighted by molar-refractivity contribution is 0.186. The molecule has 3 aromatic rings. The van der Waals surface area contributed by atoms with Crippen LogP contribution in [-0.2, 0) is 11.3 Å². The van der Waals surface area contributed by atoms with Crippen LogP contribution in [0.15, 0.2) is 40.1 Å². The van der Waals surface area contributed by atoms with Crippen molar-refractivity contribution in [2.75, 3.05) is 13.7 Å². The molecule has 0 fully saturated rings. The molecule has 0 saturated carbocycles. The molecule has 5 nitrogen and oxygen atoms in total. The topological polar surface area (TPSA) is 57.0 Å². The summed E-state index contributed by atoms with van der Waals surface area (Å²) in [6.07, 6.45) is 1.54. The number of methoxy groups -OCH3 is 1. The Morgan fingerprint density at radius 3 is 3.00 bits per heavy atom. The second kappa shape index (κ2) is 5.52. The van der Waals surface area contributed by atoms with Crippen molar-refractivity contribution in [3.05, 3.63) is 45.6 Å². The van der Waals surface area contributed by atoms with Crippen LogP contribution in [0.3, 0.4) is 0 Å². The summed E-state index contributed by atoms with van der Waals surface area (Å²) in [6, 6.07) is 5.70. The number of ether oxygens (including phenoxy) is 1. The van der Waals surface area contributed by atoms with E-state index in [1.807, 2.05) is 29.0 Å². The lowest BCUT2D eigenvalue weighted by Crippen LogP contribution is -2.23. The molecule has 0 bridgehead atoms. The van der Waals surface area contributed by atoms with Crippen LogP contribution in [0.25, 0.3) is 22.3 Å². The molecule has 20 heavy (non-hydrogen) atoms. The van der Waals surface area contributed by atoms with E-state index in [0.29, 0.717) is 24.2 Å². The van der Waals surface area contributed by atoms with Crippen LogP contribution in [0.5, 0.6) is 0 Å². The molecule has 3 aromatic heterocycles. The van der Waals surface area contributed by atoms with Crippen LogP contribution in [0, 0.1) is 0 Å². The van der Waals surface area contributed by atoms with Gasteiger partial charge in [-0.2, -0.15) is 11.3 Å². The van der Waals surface area contributed by atoms with E-state index >= 15 is 0 Å². The highest BCUT2D eigenvalue weighted by Crippen LogP contribution is 2.21. The Balaban J connectivity index is 2.12. The highest BCUT2D eigenvalue weighted by molar-refractivity contribution is 7.08. The number of fused-ring (bicyclic) bond motifs is 1. The number of aromatic nitrogens is 3. The maximum absolute atomic E-state index is 12.4. The molecular formula is C14H13N3O2S. The highest BCUT2D eigenvalue weighted by Gasteiger charge is 2.08. The molecule has 0 aliphatic rings. The van der Waals surface area contributed by atoms with Crippen molar-refractivity contribution < 1.29 is 4.74 Å². The second-order valence-corrected chi connectivity index (χ2v) is 5.09. The van der Waals surface area contributed by atoms with Gasteiger partial charge in [0.25, 0.3) is 5.56 Å². The molecule has 0 spiro atoms. The first-order valence-corrected chi connectivity index (χ1v) is 7.11. The van der Waals surface area contributed by atoms with Crippen LogP contribution < -0.4 is 5.56 Å². The minimum atomic E-state index is -0.135. The molecule has 0 N–H and O–H groups in total. The maximum atomic E-state index is 12.4. The molecule has 0 atom stereocenters. The Labute approximate surface area is 119 Å². The van der Waals surface area contributed by atoms with E-state index in [0.717, 1.165) is 11.3 Å². The average molecular weight is 287 g/mol. The molecule has 3 heterocycles. The summed E-state index contributed by atoms with van der Waals surface area (Å²) in [5, 5.41) is 4.00. The van der Waals surface area contributed by atoms with E-state index in [4.69, 9.17) is 4.74 Å². The van der Waals surface area contributed by atoms with Gasteiger partial charge in [-0.1, -0.05) is 0 Å². The van der Waals surface area contributed by atoms with Gasteiger partial charge in [0.2, 0.25) is 0 Å². The zero-order valence-corrected chi connectivity index (χ0v) is 11.8. The predicted octanol–water partition coefficient (Wildman–Crippen LogP) is 2.17. The lowest BCUT2D eigenvalue weighted by Gasteiger charge is -2.06. The fourth-order valence-corrected chi connectivity index (χ4v) is 2.60. The van der Waals surface area contributed by atoms with Gasteiger partial charge in [-0.3, -0.25) is 9.36 Å². The van der Waals surface area contributed by atoms with Crippen molar-refractivity contribution in [1.29, 1.82) is 0 Å². The predicted molar refractivity (Wildman–Crippen MR) is 79.0 cm³/mol. The summed E-state index contributed by atoms with van der Waals surface area (Å²) in [4.78, 5) is 21.1. The normalized spacial score (nSPS) is 11.1. The number of thiophene rings is 1.